The van der Waals surface area contributed by atoms with Crippen LogP contribution in [-0.2, 0) is 62.5 Å². The van der Waals surface area contributed by atoms with Gasteiger partial charge >= 0.3 is 0 Å². The lowest BCUT2D eigenvalue weighted by Gasteiger charge is -2.41. The van der Waals surface area contributed by atoms with Gasteiger partial charge < -0.3 is 49.6 Å². The quantitative estimate of drug-likeness (QED) is 0.0617. The molecule has 2 saturated heterocycles. The molecule has 7 amide bonds. The maximum Gasteiger partial charge on any atom is 0.256 e. The van der Waals surface area contributed by atoms with Crippen molar-refractivity contribution in [1.82, 2.24) is 35.0 Å². The second-order valence-electron chi connectivity index (χ2n) is 24.1. The summed E-state index contributed by atoms with van der Waals surface area (Å²) in [5, 5.41) is 8.27. The molecule has 3 fully saturated rings. The van der Waals surface area contributed by atoms with E-state index in [0.717, 1.165) is 0 Å². The summed E-state index contributed by atoms with van der Waals surface area (Å²) in [7, 11) is 2.69. The van der Waals surface area contributed by atoms with E-state index in [-0.39, 0.29) is 91.6 Å². The number of nitrogens with zero attached hydrogens (tertiary/aromatic N) is 4. The van der Waals surface area contributed by atoms with Gasteiger partial charge in [-0.1, -0.05) is 111 Å². The Kier molecular flexibility index (Phi) is 30.0. The molecule has 2 heterocycles. The molecule has 3 aliphatic rings. The Labute approximate surface area is 501 Å². The van der Waals surface area contributed by atoms with E-state index in [0.29, 0.717) is 90.0 Å². The van der Waals surface area contributed by atoms with Gasteiger partial charge in [-0.3, -0.25) is 43.2 Å². The highest BCUT2D eigenvalue weighted by molar-refractivity contribution is 7.90. The highest BCUT2D eigenvalue weighted by atomic mass is 32.2. The molecule has 0 radical (unpaired) electrons. The lowest BCUT2D eigenvalue weighted by Crippen LogP contribution is -2.60. The van der Waals surface area contributed by atoms with Crippen LogP contribution >= 0.6 is 0 Å². The first-order chi connectivity index (χ1) is 39.9. The lowest BCUT2D eigenvalue weighted by molar-refractivity contribution is -0.148. The number of sulfonamides is 1. The summed E-state index contributed by atoms with van der Waals surface area (Å²) in [6.45, 7) is 20.1. The number of ether oxygens (including phenoxy) is 4. The third-order valence-electron chi connectivity index (χ3n) is 16.5. The highest BCUT2D eigenvalue weighted by Gasteiger charge is 2.45. The van der Waals surface area contributed by atoms with E-state index in [9.17, 15) is 42.0 Å². The summed E-state index contributed by atoms with van der Waals surface area (Å²) in [5.41, 5.74) is 0.705. The van der Waals surface area contributed by atoms with Gasteiger partial charge in [0.05, 0.1) is 80.8 Å². The number of rotatable bonds is 34. The van der Waals surface area contributed by atoms with Gasteiger partial charge in [-0.25, -0.2) is 8.42 Å². The summed E-state index contributed by atoms with van der Waals surface area (Å²) in [6, 6.07) is 13.3. The highest BCUT2D eigenvalue weighted by Crippen LogP contribution is 2.31. The maximum atomic E-state index is 14.7. The van der Waals surface area contributed by atoms with Gasteiger partial charge in [0.2, 0.25) is 45.5 Å². The van der Waals surface area contributed by atoms with Crippen molar-refractivity contribution in [3.8, 4) is 0 Å². The largest absolute Gasteiger partial charge is 0.379 e. The summed E-state index contributed by atoms with van der Waals surface area (Å²) in [4.78, 5) is 104. The topological polar surface area (TPSA) is 252 Å². The van der Waals surface area contributed by atoms with E-state index in [1.54, 1.807) is 28.7 Å². The third-order valence-corrected chi connectivity index (χ3v) is 18.4. The molecule has 1 aromatic carbocycles. The van der Waals surface area contributed by atoms with Crippen molar-refractivity contribution in [2.24, 2.45) is 35.5 Å². The van der Waals surface area contributed by atoms with Crippen LogP contribution in [0.4, 0.5) is 5.69 Å². The van der Waals surface area contributed by atoms with Gasteiger partial charge in [0.1, 0.15) is 12.1 Å². The monoisotopic (exact) mass is 1200 g/mol. The molecule has 21 nitrogen and oxygen atoms in total. The van der Waals surface area contributed by atoms with Crippen molar-refractivity contribution in [1.29, 1.82) is 0 Å². The Hall–Kier alpha value is -5.26. The number of piperidine rings is 1. The number of hydrogen-bond donors (Lipinski definition) is 4. The van der Waals surface area contributed by atoms with Crippen LogP contribution < -0.4 is 20.7 Å². The molecule has 0 bridgehead atoms. The molecule has 474 valence electrons. The van der Waals surface area contributed by atoms with Crippen molar-refractivity contribution in [3.63, 3.8) is 0 Å². The minimum atomic E-state index is -3.84. The molecule has 84 heavy (non-hydrogen) atoms. The molecule has 2 aliphatic heterocycles. The van der Waals surface area contributed by atoms with Gasteiger partial charge in [-0.05, 0) is 87.8 Å². The zero-order chi connectivity index (χ0) is 62.3. The van der Waals surface area contributed by atoms with Crippen LogP contribution in [-0.4, -0.2) is 198 Å². The Morgan fingerprint density at radius 1 is 0.702 bits per heavy atom. The number of nitrogens with one attached hydrogen (secondary N) is 4. The number of methoxy groups -OCH3 is 2. The standard InChI is InChI=1S/C62H102N8O13S/c1-14-44(8)56(51(80-12)40-53(72)70-31-22-25-50(70)57(81-13)45(9)58(73)64-49(39-41(2)3)60(75)66-84(78,79)48-26-27-48)68(11)62(77)54(42(4)5)65-61(76)55(43(6)7)67(10)34-36-83-38-37-82-35-30-52(71)69-32-28-46(29-33-69)59(74)63-47-23-20-18-16-15-17-19-21-24-47/h15-21,23-24,41-46,48-51,54-57H,14,22,25-40H2,1-13H3,(H,63,74)(H,64,73)(H,65,76)(H,66,75)/t44-,45+,49-,50-,51+,54-,55-,56-,57+/m0/s1. The molecule has 1 aliphatic carbocycles. The number of carbonyl (C=O) groups is 7. The molecule has 1 aromatic rings. The van der Waals surface area contributed by atoms with Crippen LogP contribution in [0.25, 0.3) is 0 Å². The molecule has 4 rings (SSSR count). The first-order valence-electron chi connectivity index (χ1n) is 30.5. The van der Waals surface area contributed by atoms with Crippen molar-refractivity contribution in [2.45, 2.75) is 174 Å². The smallest absolute Gasteiger partial charge is 0.256 e. The van der Waals surface area contributed by atoms with E-state index in [2.05, 4.69) is 20.7 Å². The summed E-state index contributed by atoms with van der Waals surface area (Å²) < 4.78 is 51.1. The fourth-order valence-electron chi connectivity index (χ4n) is 11.4. The predicted molar refractivity (Wildman–Crippen MR) is 324 cm³/mol. The van der Waals surface area contributed by atoms with Gasteiger partial charge in [0.15, 0.2) is 0 Å². The predicted octanol–water partition coefficient (Wildman–Crippen LogP) is 5.57. The lowest BCUT2D eigenvalue weighted by atomic mass is 9.89. The van der Waals surface area contributed by atoms with Crippen molar-refractivity contribution in [3.05, 3.63) is 54.6 Å². The molecule has 0 aromatic heterocycles. The summed E-state index contributed by atoms with van der Waals surface area (Å²) in [6.07, 6.45) is 2.86. The fourth-order valence-corrected chi connectivity index (χ4v) is 12.7. The Morgan fingerprint density at radius 3 is 1.86 bits per heavy atom. The van der Waals surface area contributed by atoms with Gasteiger partial charge in [0, 0.05) is 59.1 Å². The minimum Gasteiger partial charge on any atom is -0.379 e. The Morgan fingerprint density at radius 2 is 1.31 bits per heavy atom. The molecule has 1 saturated carbocycles. The Balaban J connectivity index is 1.27. The molecule has 22 heteroatoms. The number of hydrogen-bond acceptors (Lipinski definition) is 14. The first kappa shape index (κ1) is 71.2. The molecule has 0 spiro atoms. The first-order valence-corrected chi connectivity index (χ1v) is 32.0. The van der Waals surface area contributed by atoms with Crippen molar-refractivity contribution < 1.29 is 60.9 Å². The van der Waals surface area contributed by atoms with Crippen LogP contribution in [0.3, 0.4) is 0 Å². The summed E-state index contributed by atoms with van der Waals surface area (Å²) >= 11 is 0. The van der Waals surface area contributed by atoms with Crippen molar-refractivity contribution in [2.75, 3.05) is 86.2 Å². The number of likely N-dealkylation sites (N-methyl/N-ethyl adjacent to an activating group) is 2. The maximum absolute atomic E-state index is 14.7. The van der Waals surface area contributed by atoms with Crippen LogP contribution in [0, 0.1) is 35.5 Å². The van der Waals surface area contributed by atoms with Crippen LogP contribution in [0.5, 0.6) is 0 Å². The van der Waals surface area contributed by atoms with Crippen molar-refractivity contribution >= 4 is 57.1 Å². The second-order valence-corrected chi connectivity index (χ2v) is 26.1. The molecule has 0 unspecified atom stereocenters. The Bertz CT molecular complexity index is 2430. The number of carbonyl (C=O) groups excluding carboxylic acids is 7. The van der Waals surface area contributed by atoms with Crippen LogP contribution in [0.15, 0.2) is 54.6 Å². The SMILES string of the molecule is CC[C@H](C)[C@@H]([C@@H](CC(=O)N1CCC[C@H]1[C@H](OC)[C@@H](C)C(=O)N[C@@H](CC(C)C)C(=O)NS(=O)(=O)C1CC1)OC)N(C)C(=O)[C@@H](NC(=O)[C@H](C(C)C)N(C)CCOCCOCCC(=O)N1CCC(C(=O)Nc2ccccccccc2)CC1)C(C)C. The molecular weight excluding hydrogens is 1100 g/mol. The van der Waals surface area contributed by atoms with Gasteiger partial charge in [-0.15, -0.1) is 0 Å². The number of likely N-dealkylation sites (tertiary alicyclic amines) is 2. The zero-order valence-electron chi connectivity index (χ0n) is 52.5. The average Bonchev–Trinajstić information content (AvgIpc) is 3.59. The van der Waals surface area contributed by atoms with E-state index in [4.69, 9.17) is 18.9 Å². The third kappa shape index (κ3) is 21.9. The van der Waals surface area contributed by atoms with E-state index >= 15 is 0 Å². The van der Waals surface area contributed by atoms with E-state index < -0.39 is 75.4 Å². The van der Waals surface area contributed by atoms with Gasteiger partial charge in [0.25, 0.3) is 5.91 Å². The van der Waals surface area contributed by atoms with E-state index in [1.807, 2.05) is 122 Å². The molecule has 9 atom stereocenters. The number of amides is 7. The molecular formula is C62H102N8O13S. The van der Waals surface area contributed by atoms with E-state index in [1.165, 1.54) is 14.2 Å². The van der Waals surface area contributed by atoms with Crippen LogP contribution in [0.1, 0.15) is 127 Å². The number of anilines is 1. The summed E-state index contributed by atoms with van der Waals surface area (Å²) in [5.74, 6) is -3.80. The average molecular weight is 1200 g/mol. The normalized spacial score (nSPS) is 18.7. The van der Waals surface area contributed by atoms with Crippen LogP contribution in [0.2, 0.25) is 0 Å². The zero-order valence-corrected chi connectivity index (χ0v) is 53.3. The minimum absolute atomic E-state index is 0.0152. The second kappa shape index (κ2) is 35.4. The fraction of sp³-hybridized carbons (Fsp3) is 0.726. The molecule has 4 N–H and O–H groups in total. The van der Waals surface area contributed by atoms with Gasteiger partial charge in [-0.2, -0.15) is 0 Å².